The molecule has 5 rings (SSSR count). The topological polar surface area (TPSA) is 161 Å². The number of aliphatic hydroxyl groups excluding tert-OH is 1. The summed E-state index contributed by atoms with van der Waals surface area (Å²) in [4.78, 5) is 43.0. The molecule has 12 nitrogen and oxygen atoms in total. The molecule has 2 aliphatic heterocycles. The first kappa shape index (κ1) is 25.0. The van der Waals surface area contributed by atoms with Crippen molar-refractivity contribution in [1.29, 1.82) is 0 Å². The third kappa shape index (κ3) is 4.10. The number of carbonyl (C=O) groups excluding carboxylic acids is 2. The average molecular weight is 547 g/mol. The van der Waals surface area contributed by atoms with E-state index in [-0.39, 0.29) is 29.4 Å². The maximum atomic E-state index is 13.3. The number of rotatable bonds is 7. The number of hydrogen-bond donors (Lipinski definition) is 1. The number of fused-ring (bicyclic) bond motifs is 2. The number of aromatic nitrogens is 2. The Balaban J connectivity index is 1.51. The molecule has 0 unspecified atom stereocenters. The van der Waals surface area contributed by atoms with Gasteiger partial charge in [-0.2, -0.15) is 0 Å². The minimum atomic E-state index is -3.60. The van der Waals surface area contributed by atoms with E-state index in [4.69, 9.17) is 4.74 Å². The minimum Gasteiger partial charge on any atom is -0.456 e. The van der Waals surface area contributed by atoms with Crippen molar-refractivity contribution in [2.75, 3.05) is 6.26 Å². The molecule has 3 aromatic rings. The van der Waals surface area contributed by atoms with Gasteiger partial charge < -0.3 is 14.7 Å². The number of nitro benzene ring substituents is 1. The largest absolute Gasteiger partial charge is 0.456 e. The summed E-state index contributed by atoms with van der Waals surface area (Å²) < 4.78 is 31.6. The molecule has 2 aliphatic rings. The van der Waals surface area contributed by atoms with E-state index in [9.17, 15) is 33.2 Å². The smallest absolute Gasteiger partial charge is 0.355 e. The fraction of sp³-hybridized carbons (Fsp3) is 0.348. The molecule has 4 heterocycles. The molecule has 0 aliphatic carbocycles. The zero-order valence-corrected chi connectivity index (χ0v) is 21.6. The van der Waals surface area contributed by atoms with Crippen molar-refractivity contribution in [2.24, 2.45) is 5.92 Å². The molecule has 3 atom stereocenters. The summed E-state index contributed by atoms with van der Waals surface area (Å²) in [6, 6.07) is 5.12. The third-order valence-electron chi connectivity index (χ3n) is 6.55. The lowest BCUT2D eigenvalue weighted by Gasteiger charge is -2.44. The highest BCUT2D eigenvalue weighted by molar-refractivity contribution is 7.91. The molecule has 0 spiro atoms. The summed E-state index contributed by atoms with van der Waals surface area (Å²) in [5.74, 6) is -1.37. The number of nitrogens with zero attached hydrogens (tertiary/aromatic N) is 4. The zero-order valence-electron chi connectivity index (χ0n) is 19.9. The van der Waals surface area contributed by atoms with E-state index in [0.29, 0.717) is 26.7 Å². The average Bonchev–Trinajstić information content (AvgIpc) is 3.48. The molecule has 1 N–H and O–H groups in total. The van der Waals surface area contributed by atoms with E-state index in [0.717, 1.165) is 17.6 Å². The first-order chi connectivity index (χ1) is 17.4. The summed E-state index contributed by atoms with van der Waals surface area (Å²) in [5.41, 5.74) is 0.992. The van der Waals surface area contributed by atoms with E-state index < -0.39 is 44.7 Å². The van der Waals surface area contributed by atoms with Crippen molar-refractivity contribution in [2.45, 2.75) is 44.0 Å². The summed E-state index contributed by atoms with van der Waals surface area (Å²) >= 11 is 1.14. The van der Waals surface area contributed by atoms with Crippen molar-refractivity contribution in [3.05, 3.63) is 62.5 Å². The Labute approximate surface area is 214 Å². The highest BCUT2D eigenvalue weighted by Gasteiger charge is 2.57. The highest BCUT2D eigenvalue weighted by atomic mass is 32.2. The number of nitro groups is 1. The van der Waals surface area contributed by atoms with Crippen LogP contribution in [-0.2, 0) is 30.8 Å². The van der Waals surface area contributed by atoms with Crippen LogP contribution in [0.4, 0.5) is 5.69 Å². The van der Waals surface area contributed by atoms with Crippen LogP contribution in [-0.4, -0.2) is 63.0 Å². The van der Waals surface area contributed by atoms with Gasteiger partial charge in [-0.25, -0.2) is 18.2 Å². The summed E-state index contributed by atoms with van der Waals surface area (Å²) in [6.45, 7) is 3.02. The van der Waals surface area contributed by atoms with Crippen LogP contribution in [0.5, 0.6) is 0 Å². The molecule has 0 saturated carbocycles. The Bertz CT molecular complexity index is 1600. The van der Waals surface area contributed by atoms with Gasteiger partial charge in [0.2, 0.25) is 5.91 Å². The Morgan fingerprint density at radius 3 is 2.62 bits per heavy atom. The van der Waals surface area contributed by atoms with E-state index in [2.05, 4.69) is 4.98 Å². The standard InChI is InChI=1S/C23H22N4O8S2/c1-11(28)18-16-8-15(17-9-25-12(2)24-20(22(25)36-17)37(3,33)34)19(26(16)21(18)29)23(30)35-10-13-4-6-14(7-5-13)27(31)32/h4-7,9,11,16,18,28H,8,10H2,1-3H3/t11-,16-,18-/m1/s1. The van der Waals surface area contributed by atoms with Crippen molar-refractivity contribution in [3.63, 3.8) is 0 Å². The first-order valence-electron chi connectivity index (χ1n) is 11.2. The van der Waals surface area contributed by atoms with Crippen LogP contribution in [0.25, 0.3) is 10.4 Å². The molecular formula is C23H22N4O8S2. The lowest BCUT2D eigenvalue weighted by Crippen LogP contribution is -2.61. The van der Waals surface area contributed by atoms with Crippen LogP contribution in [0.15, 0.2) is 41.2 Å². The number of sulfone groups is 1. The maximum absolute atomic E-state index is 13.3. The summed E-state index contributed by atoms with van der Waals surface area (Å²) in [6.07, 6.45) is 2.13. The molecule has 1 amide bonds. The fourth-order valence-electron chi connectivity index (χ4n) is 4.78. The Morgan fingerprint density at radius 1 is 1.35 bits per heavy atom. The molecule has 1 aromatic carbocycles. The van der Waals surface area contributed by atoms with Crippen LogP contribution in [0.2, 0.25) is 0 Å². The molecule has 194 valence electrons. The van der Waals surface area contributed by atoms with Crippen molar-refractivity contribution in [3.8, 4) is 0 Å². The van der Waals surface area contributed by atoms with Crippen molar-refractivity contribution >= 4 is 49.1 Å². The zero-order chi connectivity index (χ0) is 26.8. The number of non-ortho nitro benzene ring substituents is 1. The number of benzene rings is 1. The number of carbonyl (C=O) groups is 2. The number of hydrogen-bond acceptors (Lipinski definition) is 10. The van der Waals surface area contributed by atoms with Gasteiger partial charge in [0, 0.05) is 30.2 Å². The first-order valence-corrected chi connectivity index (χ1v) is 13.9. The number of thiazole rings is 1. The second-order valence-corrected chi connectivity index (χ2v) is 12.0. The number of esters is 1. The van der Waals surface area contributed by atoms with Gasteiger partial charge in [-0.15, -0.1) is 11.3 Å². The SMILES string of the molecule is Cc1nc(S(C)(=O)=O)c2sc(C3=C(C(=O)OCc4ccc([N+](=O)[O-])cc4)N4C(=O)[C@H]([C@@H](C)O)[C@H]4C3)cn12. The van der Waals surface area contributed by atoms with Crippen LogP contribution in [0.3, 0.4) is 0 Å². The van der Waals surface area contributed by atoms with E-state index in [1.807, 2.05) is 0 Å². The predicted octanol–water partition coefficient (Wildman–Crippen LogP) is 2.08. The lowest BCUT2D eigenvalue weighted by molar-refractivity contribution is -0.384. The predicted molar refractivity (Wildman–Crippen MR) is 131 cm³/mol. The molecular weight excluding hydrogens is 524 g/mol. The number of aliphatic hydroxyl groups is 1. The van der Waals surface area contributed by atoms with Gasteiger partial charge in [-0.3, -0.25) is 19.3 Å². The lowest BCUT2D eigenvalue weighted by atomic mass is 9.83. The monoisotopic (exact) mass is 546 g/mol. The quantitative estimate of drug-likeness (QED) is 0.202. The number of imidazole rings is 1. The van der Waals surface area contributed by atoms with Gasteiger partial charge in [0.15, 0.2) is 14.9 Å². The minimum absolute atomic E-state index is 0.0461. The summed E-state index contributed by atoms with van der Waals surface area (Å²) in [7, 11) is -3.60. The Kier molecular flexibility index (Phi) is 5.92. The third-order valence-corrected chi connectivity index (χ3v) is 8.83. The second-order valence-electron chi connectivity index (χ2n) is 9.08. The van der Waals surface area contributed by atoms with Gasteiger partial charge in [0.05, 0.1) is 27.9 Å². The van der Waals surface area contributed by atoms with Crippen LogP contribution < -0.4 is 0 Å². The fourth-order valence-corrected chi connectivity index (χ4v) is 7.16. The number of amides is 1. The molecule has 1 saturated heterocycles. The summed E-state index contributed by atoms with van der Waals surface area (Å²) in [5, 5.41) is 20.9. The van der Waals surface area contributed by atoms with Crippen molar-refractivity contribution < 1.29 is 32.8 Å². The van der Waals surface area contributed by atoms with Crippen LogP contribution in [0.1, 0.15) is 29.6 Å². The van der Waals surface area contributed by atoms with Gasteiger partial charge >= 0.3 is 5.97 Å². The molecule has 1 fully saturated rings. The highest BCUT2D eigenvalue weighted by Crippen LogP contribution is 2.48. The van der Waals surface area contributed by atoms with E-state index in [1.54, 1.807) is 17.5 Å². The van der Waals surface area contributed by atoms with Crippen molar-refractivity contribution in [1.82, 2.24) is 14.3 Å². The number of ether oxygens (including phenoxy) is 1. The molecule has 37 heavy (non-hydrogen) atoms. The molecule has 14 heteroatoms. The maximum Gasteiger partial charge on any atom is 0.355 e. The normalized spacial score (nSPS) is 20.2. The Morgan fingerprint density at radius 2 is 2.03 bits per heavy atom. The van der Waals surface area contributed by atoms with Gasteiger partial charge in [0.25, 0.3) is 5.69 Å². The van der Waals surface area contributed by atoms with Gasteiger partial charge in [0.1, 0.15) is 23.0 Å². The van der Waals surface area contributed by atoms with Gasteiger partial charge in [-0.05, 0) is 38.0 Å². The molecule has 2 aromatic heterocycles. The van der Waals surface area contributed by atoms with E-state index >= 15 is 0 Å². The van der Waals surface area contributed by atoms with Crippen LogP contribution in [0, 0.1) is 23.0 Å². The number of aryl methyl sites for hydroxylation is 1. The molecule has 0 bridgehead atoms. The molecule has 0 radical (unpaired) electrons. The van der Waals surface area contributed by atoms with E-state index in [1.165, 1.54) is 36.1 Å². The Hall–Kier alpha value is -3.62. The van der Waals surface area contributed by atoms with Crippen LogP contribution >= 0.6 is 11.3 Å². The second kappa shape index (κ2) is 8.75. The number of β-lactam (4-membered cyclic amide) rings is 1. The van der Waals surface area contributed by atoms with Gasteiger partial charge in [-0.1, -0.05) is 0 Å².